The molecule has 0 aromatic rings. The van der Waals surface area contributed by atoms with E-state index in [0.29, 0.717) is 12.5 Å². The lowest BCUT2D eigenvalue weighted by Gasteiger charge is -2.50. The van der Waals surface area contributed by atoms with Gasteiger partial charge < -0.3 is 15.2 Å². The van der Waals surface area contributed by atoms with Gasteiger partial charge in [0.05, 0.1) is 12.2 Å². The molecule has 0 aliphatic carbocycles. The number of nitrogens with two attached hydrogens (primary N) is 1. The van der Waals surface area contributed by atoms with E-state index in [-0.39, 0.29) is 11.1 Å². The van der Waals surface area contributed by atoms with E-state index < -0.39 is 0 Å². The minimum atomic E-state index is -0.0197. The van der Waals surface area contributed by atoms with Gasteiger partial charge in [0, 0.05) is 38.3 Å². The highest BCUT2D eigenvalue weighted by atomic mass is 16.5. The van der Waals surface area contributed by atoms with Crippen LogP contribution in [0, 0.1) is 5.92 Å². The third-order valence-electron chi connectivity index (χ3n) is 5.10. The third kappa shape index (κ3) is 2.57. The number of methoxy groups -OCH3 is 1. The fraction of sp³-hybridized carbons (Fsp3) is 1.00. The van der Waals surface area contributed by atoms with E-state index in [1.165, 1.54) is 6.42 Å². The van der Waals surface area contributed by atoms with E-state index in [9.17, 15) is 0 Å². The summed E-state index contributed by atoms with van der Waals surface area (Å²) in [6, 6.07) is 0. The predicted octanol–water partition coefficient (Wildman–Crippen LogP) is 1.24. The van der Waals surface area contributed by atoms with Crippen LogP contribution in [0.4, 0.5) is 0 Å². The highest BCUT2D eigenvalue weighted by Gasteiger charge is 2.44. The minimum absolute atomic E-state index is 0.0197. The highest BCUT2D eigenvalue weighted by Crippen LogP contribution is 2.35. The van der Waals surface area contributed by atoms with E-state index in [0.717, 1.165) is 39.1 Å². The molecule has 0 aromatic heterocycles. The Bertz CT molecular complexity index is 281. The quantitative estimate of drug-likeness (QED) is 0.822. The molecule has 2 N–H and O–H groups in total. The van der Waals surface area contributed by atoms with Crippen molar-refractivity contribution in [2.24, 2.45) is 11.7 Å². The van der Waals surface area contributed by atoms with E-state index in [1.807, 2.05) is 7.11 Å². The smallest absolute Gasteiger partial charge is 0.0777 e. The lowest BCUT2D eigenvalue weighted by Crippen LogP contribution is -2.62. The molecule has 3 unspecified atom stereocenters. The van der Waals surface area contributed by atoms with Gasteiger partial charge in [-0.05, 0) is 39.7 Å². The molecule has 0 radical (unpaired) electrons. The van der Waals surface area contributed by atoms with Gasteiger partial charge in [-0.1, -0.05) is 0 Å². The minimum Gasteiger partial charge on any atom is -0.381 e. The Hall–Kier alpha value is -0.160. The summed E-state index contributed by atoms with van der Waals surface area (Å²) < 4.78 is 11.3. The van der Waals surface area contributed by atoms with Crippen LogP contribution < -0.4 is 5.73 Å². The molecule has 2 fully saturated rings. The van der Waals surface area contributed by atoms with Gasteiger partial charge in [-0.2, -0.15) is 0 Å². The first kappa shape index (κ1) is 14.3. The van der Waals surface area contributed by atoms with Crippen molar-refractivity contribution < 1.29 is 9.47 Å². The van der Waals surface area contributed by atoms with Crippen LogP contribution in [0.25, 0.3) is 0 Å². The summed E-state index contributed by atoms with van der Waals surface area (Å²) in [5, 5.41) is 0. The number of hydrogen-bond donors (Lipinski definition) is 1. The van der Waals surface area contributed by atoms with Gasteiger partial charge in [0.1, 0.15) is 0 Å². The van der Waals surface area contributed by atoms with Crippen molar-refractivity contribution in [1.82, 2.24) is 4.90 Å². The molecule has 18 heavy (non-hydrogen) atoms. The molecular formula is C14H28N2O2. The summed E-state index contributed by atoms with van der Waals surface area (Å²) in [6.07, 6.45) is 3.46. The zero-order chi connectivity index (χ0) is 13.2. The van der Waals surface area contributed by atoms with Gasteiger partial charge in [-0.15, -0.1) is 0 Å². The summed E-state index contributed by atoms with van der Waals surface area (Å²) in [5.41, 5.74) is 6.14. The molecule has 2 aliphatic rings. The van der Waals surface area contributed by atoms with Crippen molar-refractivity contribution in [3.8, 4) is 0 Å². The molecule has 0 saturated carbocycles. The van der Waals surface area contributed by atoms with Crippen LogP contribution in [0.15, 0.2) is 0 Å². The van der Waals surface area contributed by atoms with E-state index in [4.69, 9.17) is 15.2 Å². The van der Waals surface area contributed by atoms with Crippen molar-refractivity contribution in [2.75, 3.05) is 40.0 Å². The molecular weight excluding hydrogens is 228 g/mol. The van der Waals surface area contributed by atoms with Gasteiger partial charge in [-0.3, -0.25) is 4.90 Å². The van der Waals surface area contributed by atoms with E-state index in [1.54, 1.807) is 0 Å². The molecule has 0 aromatic carbocycles. The number of rotatable bonds is 4. The van der Waals surface area contributed by atoms with Gasteiger partial charge >= 0.3 is 0 Å². The van der Waals surface area contributed by atoms with Crippen molar-refractivity contribution in [3.63, 3.8) is 0 Å². The first-order valence-electron chi connectivity index (χ1n) is 7.12. The molecule has 106 valence electrons. The maximum atomic E-state index is 6.11. The van der Waals surface area contributed by atoms with Gasteiger partial charge in [-0.25, -0.2) is 0 Å². The summed E-state index contributed by atoms with van der Waals surface area (Å²) in [6.45, 7) is 9.05. The molecule has 2 aliphatic heterocycles. The molecule has 3 atom stereocenters. The molecule has 4 heteroatoms. The van der Waals surface area contributed by atoms with Crippen LogP contribution in [0.3, 0.4) is 0 Å². The van der Waals surface area contributed by atoms with Crippen molar-refractivity contribution in [3.05, 3.63) is 0 Å². The first-order valence-corrected chi connectivity index (χ1v) is 7.12. The van der Waals surface area contributed by atoms with Gasteiger partial charge in [0.15, 0.2) is 0 Å². The van der Waals surface area contributed by atoms with Gasteiger partial charge in [0.25, 0.3) is 0 Å². The van der Waals surface area contributed by atoms with Crippen LogP contribution >= 0.6 is 0 Å². The number of hydrogen-bond acceptors (Lipinski definition) is 4. The lowest BCUT2D eigenvalue weighted by molar-refractivity contribution is -0.0885. The Balaban J connectivity index is 2.11. The monoisotopic (exact) mass is 256 g/mol. The fourth-order valence-electron chi connectivity index (χ4n) is 3.39. The van der Waals surface area contributed by atoms with Gasteiger partial charge in [0.2, 0.25) is 0 Å². The van der Waals surface area contributed by atoms with Crippen molar-refractivity contribution in [1.29, 1.82) is 0 Å². The Morgan fingerprint density at radius 3 is 2.89 bits per heavy atom. The second-order valence-corrected chi connectivity index (χ2v) is 6.30. The van der Waals surface area contributed by atoms with E-state index in [2.05, 4.69) is 18.7 Å². The average molecular weight is 256 g/mol. The fourth-order valence-corrected chi connectivity index (χ4v) is 3.39. The topological polar surface area (TPSA) is 47.7 Å². The van der Waals surface area contributed by atoms with Crippen LogP contribution in [0.5, 0.6) is 0 Å². The summed E-state index contributed by atoms with van der Waals surface area (Å²) >= 11 is 0. The highest BCUT2D eigenvalue weighted by molar-refractivity contribution is 4.99. The van der Waals surface area contributed by atoms with Crippen molar-refractivity contribution >= 4 is 0 Å². The third-order valence-corrected chi connectivity index (χ3v) is 5.10. The average Bonchev–Trinajstić information content (AvgIpc) is 2.92. The molecule has 2 heterocycles. The number of likely N-dealkylation sites (tertiary alicyclic amines) is 1. The number of nitrogens with zero attached hydrogens (tertiary/aromatic N) is 1. The normalized spacial score (nSPS) is 37.7. The zero-order valence-electron chi connectivity index (χ0n) is 12.1. The predicted molar refractivity (Wildman–Crippen MR) is 72.6 cm³/mol. The summed E-state index contributed by atoms with van der Waals surface area (Å²) in [7, 11) is 1.82. The standard InChI is InChI=1S/C14H28N2O2/c1-13(17-3)6-4-7-16(11-13)14(2,10-15)12-5-8-18-9-12/h12H,4-11,15H2,1-3H3. The maximum absolute atomic E-state index is 6.11. The summed E-state index contributed by atoms with van der Waals surface area (Å²) in [4.78, 5) is 2.54. The second-order valence-electron chi connectivity index (χ2n) is 6.30. The molecule has 0 amide bonds. The second kappa shape index (κ2) is 5.45. The number of ether oxygens (including phenoxy) is 2. The first-order chi connectivity index (χ1) is 8.54. The van der Waals surface area contributed by atoms with Crippen LogP contribution in [-0.2, 0) is 9.47 Å². The molecule has 4 nitrogen and oxygen atoms in total. The Labute approximate surface area is 111 Å². The van der Waals surface area contributed by atoms with Crippen LogP contribution in [0.1, 0.15) is 33.1 Å². The maximum Gasteiger partial charge on any atom is 0.0777 e. The van der Waals surface area contributed by atoms with Crippen LogP contribution in [0.2, 0.25) is 0 Å². The molecule has 0 spiro atoms. The Morgan fingerprint density at radius 1 is 1.56 bits per heavy atom. The number of piperidine rings is 1. The summed E-state index contributed by atoms with van der Waals surface area (Å²) in [5.74, 6) is 0.557. The van der Waals surface area contributed by atoms with E-state index >= 15 is 0 Å². The largest absolute Gasteiger partial charge is 0.381 e. The lowest BCUT2D eigenvalue weighted by atomic mass is 9.80. The SMILES string of the molecule is COC1(C)CCCN(C(C)(CN)C2CCOC2)C1. The molecule has 0 bridgehead atoms. The van der Waals surface area contributed by atoms with Crippen LogP contribution in [-0.4, -0.2) is 56.0 Å². The molecule has 2 saturated heterocycles. The molecule has 2 rings (SSSR count). The van der Waals surface area contributed by atoms with Crippen molar-refractivity contribution in [2.45, 2.75) is 44.2 Å². The Morgan fingerprint density at radius 2 is 2.33 bits per heavy atom. The Kier molecular flexibility index (Phi) is 4.32. The zero-order valence-corrected chi connectivity index (χ0v) is 12.1.